The molecule has 0 amide bonds. The normalized spacial score (nSPS) is 10.8. The van der Waals surface area contributed by atoms with Crippen LogP contribution in [0.25, 0.3) is 21.5 Å². The van der Waals surface area contributed by atoms with E-state index >= 15 is 0 Å². The van der Waals surface area contributed by atoms with Gasteiger partial charge in [-0.1, -0.05) is 54.6 Å². The van der Waals surface area contributed by atoms with Gasteiger partial charge >= 0.3 is 5.97 Å². The number of hydrogen-bond donors (Lipinski definition) is 0. The highest BCUT2D eigenvalue weighted by atomic mass is 32.1. The van der Waals surface area contributed by atoms with Crippen molar-refractivity contribution in [2.24, 2.45) is 0 Å². The average Bonchev–Trinajstić information content (AvgIpc) is 3.39. The summed E-state index contributed by atoms with van der Waals surface area (Å²) >= 11 is 1.59. The fourth-order valence-corrected chi connectivity index (χ4v) is 4.09. The molecule has 0 atom stereocenters. The Hall–Kier alpha value is -3.96. The van der Waals surface area contributed by atoms with Crippen LogP contribution in [0.1, 0.15) is 15.9 Å². The minimum Gasteiger partial charge on any atom is -0.489 e. The molecular weight excluding hydrogens is 418 g/mol. The van der Waals surface area contributed by atoms with Crippen molar-refractivity contribution in [1.29, 1.82) is 0 Å². The first-order chi connectivity index (χ1) is 15.8. The van der Waals surface area contributed by atoms with Crippen molar-refractivity contribution in [3.8, 4) is 22.1 Å². The Kier molecular flexibility index (Phi) is 5.64. The van der Waals surface area contributed by atoms with Crippen LogP contribution in [-0.2, 0) is 6.61 Å². The largest absolute Gasteiger partial charge is 0.489 e. The summed E-state index contributed by atoms with van der Waals surface area (Å²) in [4.78, 5) is 18.8. The molecule has 0 aliphatic carbocycles. The Bertz CT molecular complexity index is 1350. The van der Waals surface area contributed by atoms with E-state index in [1.165, 1.54) is 0 Å². The van der Waals surface area contributed by atoms with Crippen molar-refractivity contribution in [1.82, 2.24) is 4.98 Å². The number of fused-ring (bicyclic) bond motifs is 1. The van der Waals surface area contributed by atoms with Gasteiger partial charge in [-0.3, -0.25) is 0 Å². The summed E-state index contributed by atoms with van der Waals surface area (Å²) in [5.74, 6) is 0.753. The third-order valence-electron chi connectivity index (χ3n) is 4.99. The minimum atomic E-state index is -0.417. The summed E-state index contributed by atoms with van der Waals surface area (Å²) in [6, 6.07) is 30.4. The first-order valence-electron chi connectivity index (χ1n) is 10.2. The number of thiophene rings is 1. The average molecular weight is 438 g/mol. The summed E-state index contributed by atoms with van der Waals surface area (Å²) in [6.45, 7) is 0.481. The number of carbonyl (C=O) groups excluding carboxylic acids is 1. The number of rotatable bonds is 6. The molecule has 0 spiro atoms. The van der Waals surface area contributed by atoms with E-state index in [0.717, 1.165) is 27.0 Å². The number of aromatic nitrogens is 1. The van der Waals surface area contributed by atoms with Crippen LogP contribution in [0.15, 0.2) is 102 Å². The van der Waals surface area contributed by atoms with Crippen LogP contribution < -0.4 is 9.47 Å². The molecule has 0 aliphatic heterocycles. The molecule has 5 aromatic rings. The molecular formula is C27H19NO3S. The third kappa shape index (κ3) is 4.38. The zero-order valence-corrected chi connectivity index (χ0v) is 17.9. The number of benzene rings is 3. The van der Waals surface area contributed by atoms with Gasteiger partial charge in [0.05, 0.1) is 21.7 Å². The number of para-hydroxylation sites is 1. The second kappa shape index (κ2) is 9.04. The Morgan fingerprint density at radius 1 is 0.812 bits per heavy atom. The van der Waals surface area contributed by atoms with Crippen molar-refractivity contribution in [3.63, 3.8) is 0 Å². The summed E-state index contributed by atoms with van der Waals surface area (Å²) in [6.07, 6.45) is 0. The van der Waals surface area contributed by atoms with Gasteiger partial charge in [-0.15, -0.1) is 11.3 Å². The first-order valence-corrected chi connectivity index (χ1v) is 11.1. The van der Waals surface area contributed by atoms with Crippen LogP contribution in [0, 0.1) is 0 Å². The van der Waals surface area contributed by atoms with E-state index < -0.39 is 5.97 Å². The predicted octanol–water partition coefficient (Wildman–Crippen LogP) is 6.76. The van der Waals surface area contributed by atoms with Crippen LogP contribution >= 0.6 is 11.3 Å². The van der Waals surface area contributed by atoms with Gasteiger partial charge in [-0.2, -0.15) is 0 Å². The van der Waals surface area contributed by atoms with Crippen LogP contribution in [0.3, 0.4) is 0 Å². The Balaban J connectivity index is 1.35. The molecule has 0 unspecified atom stereocenters. The monoisotopic (exact) mass is 437 g/mol. The van der Waals surface area contributed by atoms with E-state index in [9.17, 15) is 4.79 Å². The van der Waals surface area contributed by atoms with Crippen LogP contribution in [0.4, 0.5) is 0 Å². The molecule has 0 saturated heterocycles. The van der Waals surface area contributed by atoms with Gasteiger partial charge in [0.1, 0.15) is 18.1 Å². The van der Waals surface area contributed by atoms with Crippen LogP contribution in [0.2, 0.25) is 0 Å². The quantitative estimate of drug-likeness (QED) is 0.217. The highest BCUT2D eigenvalue weighted by Crippen LogP contribution is 2.29. The maximum atomic E-state index is 13.1. The Labute approximate surface area is 189 Å². The van der Waals surface area contributed by atoms with E-state index in [0.29, 0.717) is 23.7 Å². The highest BCUT2D eigenvalue weighted by Gasteiger charge is 2.16. The zero-order chi connectivity index (χ0) is 21.8. The van der Waals surface area contributed by atoms with Gasteiger partial charge in [-0.05, 0) is 53.4 Å². The molecule has 156 valence electrons. The minimum absolute atomic E-state index is 0.417. The Morgan fingerprint density at radius 2 is 1.56 bits per heavy atom. The van der Waals surface area contributed by atoms with E-state index in [-0.39, 0.29) is 0 Å². The number of carbonyl (C=O) groups is 1. The van der Waals surface area contributed by atoms with Crippen molar-refractivity contribution < 1.29 is 14.3 Å². The van der Waals surface area contributed by atoms with Crippen molar-refractivity contribution in [2.45, 2.75) is 6.61 Å². The maximum absolute atomic E-state index is 13.1. The van der Waals surface area contributed by atoms with Gasteiger partial charge < -0.3 is 9.47 Å². The van der Waals surface area contributed by atoms with Crippen LogP contribution in [0.5, 0.6) is 11.5 Å². The fraction of sp³-hybridized carbons (Fsp3) is 0.0370. The van der Waals surface area contributed by atoms with Crippen molar-refractivity contribution >= 4 is 28.2 Å². The molecule has 2 heterocycles. The molecule has 4 nitrogen and oxygen atoms in total. The topological polar surface area (TPSA) is 48.4 Å². The number of esters is 1. The van der Waals surface area contributed by atoms with Crippen molar-refractivity contribution in [2.75, 3.05) is 0 Å². The van der Waals surface area contributed by atoms with Gasteiger partial charge in [0, 0.05) is 5.39 Å². The fourth-order valence-electron chi connectivity index (χ4n) is 3.40. The molecule has 0 bridgehead atoms. The Morgan fingerprint density at radius 3 is 2.34 bits per heavy atom. The third-order valence-corrected chi connectivity index (χ3v) is 5.88. The molecule has 32 heavy (non-hydrogen) atoms. The second-order valence-corrected chi connectivity index (χ2v) is 8.13. The maximum Gasteiger partial charge on any atom is 0.344 e. The lowest BCUT2D eigenvalue weighted by atomic mass is 10.1. The van der Waals surface area contributed by atoms with Gasteiger partial charge in [0.15, 0.2) is 0 Å². The molecule has 5 heteroatoms. The number of pyridine rings is 1. The van der Waals surface area contributed by atoms with Crippen molar-refractivity contribution in [3.05, 3.63) is 114 Å². The molecule has 0 saturated carbocycles. The first kappa shape index (κ1) is 20.0. The van der Waals surface area contributed by atoms with E-state index in [1.54, 1.807) is 41.7 Å². The summed E-state index contributed by atoms with van der Waals surface area (Å²) in [7, 11) is 0. The smallest absolute Gasteiger partial charge is 0.344 e. The van der Waals surface area contributed by atoms with E-state index in [4.69, 9.17) is 14.5 Å². The summed E-state index contributed by atoms with van der Waals surface area (Å²) in [5.41, 5.74) is 3.10. The van der Waals surface area contributed by atoms with Crippen LogP contribution in [-0.4, -0.2) is 11.0 Å². The number of ether oxygens (including phenoxy) is 2. The SMILES string of the molecule is O=C(Oc1ccc(OCc2ccccc2)cc1)c1cc(-c2cccs2)nc2ccccc12. The van der Waals surface area contributed by atoms with Gasteiger partial charge in [-0.25, -0.2) is 9.78 Å². The molecule has 0 radical (unpaired) electrons. The summed E-state index contributed by atoms with van der Waals surface area (Å²) in [5, 5.41) is 2.76. The molecule has 2 aromatic heterocycles. The summed E-state index contributed by atoms with van der Waals surface area (Å²) < 4.78 is 11.5. The molecule has 5 rings (SSSR count). The predicted molar refractivity (Wildman–Crippen MR) is 127 cm³/mol. The lowest BCUT2D eigenvalue weighted by Crippen LogP contribution is -2.10. The highest BCUT2D eigenvalue weighted by molar-refractivity contribution is 7.13. The molecule has 0 fully saturated rings. The lowest BCUT2D eigenvalue weighted by Gasteiger charge is -2.10. The zero-order valence-electron chi connectivity index (χ0n) is 17.1. The van der Waals surface area contributed by atoms with Gasteiger partial charge in [0.25, 0.3) is 0 Å². The second-order valence-electron chi connectivity index (χ2n) is 7.18. The number of nitrogens with zero attached hydrogens (tertiary/aromatic N) is 1. The molecule has 3 aromatic carbocycles. The van der Waals surface area contributed by atoms with Gasteiger partial charge in [0.2, 0.25) is 0 Å². The molecule has 0 aliphatic rings. The van der Waals surface area contributed by atoms with E-state index in [1.807, 2.05) is 72.1 Å². The number of hydrogen-bond acceptors (Lipinski definition) is 5. The lowest BCUT2D eigenvalue weighted by molar-refractivity contribution is 0.0736. The molecule has 0 N–H and O–H groups in total. The van der Waals surface area contributed by atoms with E-state index in [2.05, 4.69) is 0 Å². The standard InChI is InChI=1S/C27H19NO3S/c29-27(31-21-14-12-20(13-15-21)30-18-19-7-2-1-3-8-19)23-17-25(26-11-6-16-32-26)28-24-10-5-4-9-22(23)24/h1-17H,18H2.